The Kier molecular flexibility index (Phi) is 4.46. The van der Waals surface area contributed by atoms with Crippen LogP contribution in [0.25, 0.3) is 0 Å². The van der Waals surface area contributed by atoms with Gasteiger partial charge in [0, 0.05) is 26.4 Å². The zero-order chi connectivity index (χ0) is 14.8. The van der Waals surface area contributed by atoms with Crippen LogP contribution in [-0.4, -0.2) is 43.8 Å². The molecule has 0 radical (unpaired) electrons. The van der Waals surface area contributed by atoms with Gasteiger partial charge in [0.2, 0.25) is 10.0 Å². The van der Waals surface area contributed by atoms with Gasteiger partial charge in [-0.3, -0.25) is 0 Å². The largest absolute Gasteiger partial charge is 0.477 e. The molecule has 0 aromatic carbocycles. The summed E-state index contributed by atoms with van der Waals surface area (Å²) in [5.74, 6) is -0.527. The molecule has 0 bridgehead atoms. The van der Waals surface area contributed by atoms with Gasteiger partial charge >= 0.3 is 5.97 Å². The minimum Gasteiger partial charge on any atom is -0.477 e. The highest BCUT2D eigenvalue weighted by Gasteiger charge is 2.22. The van der Waals surface area contributed by atoms with Crippen molar-refractivity contribution < 1.29 is 23.1 Å². The van der Waals surface area contributed by atoms with Gasteiger partial charge in [-0.2, -0.15) is 0 Å². The van der Waals surface area contributed by atoms with Crippen molar-refractivity contribution in [3.05, 3.63) is 18.0 Å². The van der Waals surface area contributed by atoms with Crippen LogP contribution in [0.5, 0.6) is 0 Å². The van der Waals surface area contributed by atoms with E-state index >= 15 is 0 Å². The molecule has 0 spiro atoms. The molecule has 0 unspecified atom stereocenters. The Morgan fingerprint density at radius 3 is 2.80 bits per heavy atom. The third-order valence-electron chi connectivity index (χ3n) is 3.10. The molecule has 1 saturated carbocycles. The molecular formula is C12H18N2O5S. The van der Waals surface area contributed by atoms with Gasteiger partial charge in [0.05, 0.1) is 6.61 Å². The lowest BCUT2D eigenvalue weighted by molar-refractivity contribution is 0.0686. The third-order valence-corrected chi connectivity index (χ3v) is 4.53. The number of carboxylic acids is 1. The first-order chi connectivity index (χ1) is 9.40. The second-order valence-electron chi connectivity index (χ2n) is 4.89. The maximum Gasteiger partial charge on any atom is 0.352 e. The van der Waals surface area contributed by atoms with Gasteiger partial charge in [0.1, 0.15) is 10.6 Å². The molecule has 2 N–H and O–H groups in total. The van der Waals surface area contributed by atoms with Crippen molar-refractivity contribution >= 4 is 16.0 Å². The second kappa shape index (κ2) is 5.94. The first kappa shape index (κ1) is 15.0. The molecular weight excluding hydrogens is 284 g/mol. The third kappa shape index (κ3) is 3.81. The minimum atomic E-state index is -3.69. The molecule has 20 heavy (non-hydrogen) atoms. The highest BCUT2D eigenvalue weighted by atomic mass is 32.2. The molecule has 7 nitrogen and oxygen atoms in total. The fraction of sp³-hybridized carbons (Fsp3) is 0.583. The molecule has 1 aliphatic rings. The molecule has 0 saturated heterocycles. The first-order valence-corrected chi connectivity index (χ1v) is 7.85. The molecule has 8 heteroatoms. The number of aromatic nitrogens is 1. The summed E-state index contributed by atoms with van der Waals surface area (Å²) < 4.78 is 32.9. The van der Waals surface area contributed by atoms with E-state index in [1.54, 1.807) is 0 Å². The number of nitrogens with one attached hydrogen (secondary N) is 1. The summed E-state index contributed by atoms with van der Waals surface area (Å²) in [6.45, 7) is 1.16. The average Bonchev–Trinajstić information content (AvgIpc) is 3.09. The maximum absolute atomic E-state index is 12.0. The van der Waals surface area contributed by atoms with Crippen LogP contribution < -0.4 is 4.72 Å². The number of hydrogen-bond acceptors (Lipinski definition) is 4. The number of nitrogens with zero attached hydrogens (tertiary/aromatic N) is 1. The summed E-state index contributed by atoms with van der Waals surface area (Å²) in [7, 11) is -2.21. The fourth-order valence-corrected chi connectivity index (χ4v) is 2.84. The molecule has 112 valence electrons. The zero-order valence-electron chi connectivity index (χ0n) is 11.2. The zero-order valence-corrected chi connectivity index (χ0v) is 12.0. The van der Waals surface area contributed by atoms with E-state index in [4.69, 9.17) is 9.84 Å². The van der Waals surface area contributed by atoms with E-state index in [-0.39, 0.29) is 17.1 Å². The van der Waals surface area contributed by atoms with Crippen molar-refractivity contribution in [1.29, 1.82) is 0 Å². The lowest BCUT2D eigenvalue weighted by atomic mass is 10.4. The van der Waals surface area contributed by atoms with E-state index in [2.05, 4.69) is 4.72 Å². The molecule has 1 aromatic rings. The lowest BCUT2D eigenvalue weighted by Gasteiger charge is -2.05. The van der Waals surface area contributed by atoms with Gasteiger partial charge in [0.15, 0.2) is 0 Å². The molecule has 1 aromatic heterocycles. The maximum atomic E-state index is 12.0. The predicted molar refractivity (Wildman–Crippen MR) is 71.1 cm³/mol. The Morgan fingerprint density at radius 2 is 2.25 bits per heavy atom. The van der Waals surface area contributed by atoms with Crippen molar-refractivity contribution in [2.24, 2.45) is 13.0 Å². The molecule has 0 atom stereocenters. The quantitative estimate of drug-likeness (QED) is 0.679. The van der Waals surface area contributed by atoms with Gasteiger partial charge in [-0.1, -0.05) is 0 Å². The van der Waals surface area contributed by atoms with E-state index in [1.807, 2.05) is 0 Å². The molecule has 0 amide bonds. The van der Waals surface area contributed by atoms with Gasteiger partial charge in [-0.05, 0) is 24.8 Å². The van der Waals surface area contributed by atoms with Gasteiger partial charge in [-0.25, -0.2) is 17.9 Å². The second-order valence-corrected chi connectivity index (χ2v) is 6.66. The summed E-state index contributed by atoms with van der Waals surface area (Å²) in [5.41, 5.74) is -0.0737. The van der Waals surface area contributed by atoms with Crippen molar-refractivity contribution in [1.82, 2.24) is 9.29 Å². The van der Waals surface area contributed by atoms with Crippen molar-refractivity contribution in [3.63, 3.8) is 0 Å². The number of rotatable bonds is 8. The fourth-order valence-electron chi connectivity index (χ4n) is 1.76. The Bertz CT molecular complexity index is 589. The Labute approximate surface area is 117 Å². The van der Waals surface area contributed by atoms with Crippen LogP contribution >= 0.6 is 0 Å². The number of carbonyl (C=O) groups is 1. The van der Waals surface area contributed by atoms with Crippen LogP contribution in [0.3, 0.4) is 0 Å². The molecule has 2 rings (SSSR count). The number of sulfonamides is 1. The monoisotopic (exact) mass is 302 g/mol. The van der Waals surface area contributed by atoms with Crippen LogP contribution in [0.1, 0.15) is 23.3 Å². The number of aromatic carboxylic acids is 1. The number of carboxylic acid groups (broad SMARTS) is 1. The van der Waals surface area contributed by atoms with Gasteiger partial charge in [0.25, 0.3) is 0 Å². The average molecular weight is 302 g/mol. The highest BCUT2D eigenvalue weighted by molar-refractivity contribution is 7.89. The van der Waals surface area contributed by atoms with Crippen molar-refractivity contribution in [2.75, 3.05) is 19.8 Å². The van der Waals surface area contributed by atoms with Crippen molar-refractivity contribution in [2.45, 2.75) is 17.7 Å². The number of hydrogen-bond donors (Lipinski definition) is 2. The Hall–Kier alpha value is -1.38. The smallest absolute Gasteiger partial charge is 0.352 e. The van der Waals surface area contributed by atoms with Crippen LogP contribution in [-0.2, 0) is 21.8 Å². The normalized spacial score (nSPS) is 15.4. The molecule has 1 heterocycles. The predicted octanol–water partition coefficient (Wildman–Crippen LogP) is 0.428. The standard InChI is InChI=1S/C12H18N2O5S/c1-14-7-10(6-11(14)12(15)16)20(17,18)13-4-5-19-8-9-2-3-9/h6-7,9,13H,2-5,8H2,1H3,(H,15,16). The minimum absolute atomic E-state index is 0.0559. The van der Waals surface area contributed by atoms with E-state index in [9.17, 15) is 13.2 Å². The summed E-state index contributed by atoms with van der Waals surface area (Å²) in [5, 5.41) is 8.89. The summed E-state index contributed by atoms with van der Waals surface area (Å²) >= 11 is 0. The lowest BCUT2D eigenvalue weighted by Crippen LogP contribution is -2.27. The summed E-state index contributed by atoms with van der Waals surface area (Å²) in [6, 6.07) is 1.13. The first-order valence-electron chi connectivity index (χ1n) is 6.37. The Morgan fingerprint density at radius 1 is 1.55 bits per heavy atom. The van der Waals surface area contributed by atoms with Gasteiger partial charge < -0.3 is 14.4 Å². The van der Waals surface area contributed by atoms with E-state index in [0.717, 1.165) is 6.07 Å². The molecule has 1 aliphatic carbocycles. The van der Waals surface area contributed by atoms with Crippen LogP contribution in [0, 0.1) is 5.92 Å². The topological polar surface area (TPSA) is 97.6 Å². The summed E-state index contributed by atoms with van der Waals surface area (Å²) in [4.78, 5) is 10.8. The van der Waals surface area contributed by atoms with Crippen LogP contribution in [0.4, 0.5) is 0 Å². The van der Waals surface area contributed by atoms with E-state index in [1.165, 1.54) is 30.7 Å². The summed E-state index contributed by atoms with van der Waals surface area (Å²) in [6.07, 6.45) is 3.65. The number of aryl methyl sites for hydroxylation is 1. The van der Waals surface area contributed by atoms with Gasteiger partial charge in [-0.15, -0.1) is 0 Å². The molecule has 0 aliphatic heterocycles. The van der Waals surface area contributed by atoms with Crippen LogP contribution in [0.2, 0.25) is 0 Å². The van der Waals surface area contributed by atoms with E-state index < -0.39 is 16.0 Å². The number of ether oxygens (including phenoxy) is 1. The highest BCUT2D eigenvalue weighted by Crippen LogP contribution is 2.28. The van der Waals surface area contributed by atoms with E-state index in [0.29, 0.717) is 19.1 Å². The Balaban J connectivity index is 1.88. The SMILES string of the molecule is Cn1cc(S(=O)(=O)NCCOCC2CC2)cc1C(=O)O. The van der Waals surface area contributed by atoms with Crippen molar-refractivity contribution in [3.8, 4) is 0 Å². The van der Waals surface area contributed by atoms with Crippen LogP contribution in [0.15, 0.2) is 17.2 Å². The molecule has 1 fully saturated rings.